The van der Waals surface area contributed by atoms with Gasteiger partial charge in [-0.25, -0.2) is 4.39 Å². The molecule has 0 aromatic heterocycles. The van der Waals surface area contributed by atoms with E-state index < -0.39 is 11.7 Å². The number of halogens is 1. The molecule has 1 aliphatic heterocycles. The molecule has 0 bridgehead atoms. The summed E-state index contributed by atoms with van der Waals surface area (Å²) in [6.07, 6.45) is 0.159. The minimum atomic E-state index is -0.480. The summed E-state index contributed by atoms with van der Waals surface area (Å²) in [5.41, 5.74) is 2.34. The number of amides is 2. The Morgan fingerprint density at radius 3 is 2.62 bits per heavy atom. The fourth-order valence-electron chi connectivity index (χ4n) is 2.81. The van der Waals surface area contributed by atoms with Gasteiger partial charge in [0.25, 0.3) is 0 Å². The molecular formula is C19H19FN2O2. The molecule has 4 nitrogen and oxygen atoms in total. The highest BCUT2D eigenvalue weighted by molar-refractivity contribution is 5.97. The Bertz CT molecular complexity index is 758. The highest BCUT2D eigenvalue weighted by Gasteiger charge is 2.34. The summed E-state index contributed by atoms with van der Waals surface area (Å²) >= 11 is 0. The first-order valence-electron chi connectivity index (χ1n) is 7.91. The number of carbonyl (C=O) groups is 2. The van der Waals surface area contributed by atoms with Gasteiger partial charge in [0.05, 0.1) is 11.6 Å². The summed E-state index contributed by atoms with van der Waals surface area (Å²) in [5.74, 6) is -1.31. The number of aryl methyl sites for hydroxylation is 1. The van der Waals surface area contributed by atoms with Gasteiger partial charge in [0.15, 0.2) is 0 Å². The molecule has 124 valence electrons. The van der Waals surface area contributed by atoms with E-state index in [0.29, 0.717) is 13.1 Å². The molecule has 2 aromatic rings. The molecule has 0 radical (unpaired) electrons. The zero-order chi connectivity index (χ0) is 17.1. The van der Waals surface area contributed by atoms with Gasteiger partial charge in [-0.15, -0.1) is 0 Å². The highest BCUT2D eigenvalue weighted by Crippen LogP contribution is 2.23. The van der Waals surface area contributed by atoms with Crippen molar-refractivity contribution in [3.63, 3.8) is 0 Å². The summed E-state index contributed by atoms with van der Waals surface area (Å²) in [4.78, 5) is 26.1. The van der Waals surface area contributed by atoms with Gasteiger partial charge in [-0.2, -0.15) is 0 Å². The quantitative estimate of drug-likeness (QED) is 0.938. The molecule has 24 heavy (non-hydrogen) atoms. The van der Waals surface area contributed by atoms with E-state index in [4.69, 9.17) is 0 Å². The van der Waals surface area contributed by atoms with E-state index in [9.17, 15) is 14.0 Å². The minimum absolute atomic E-state index is 0.0516. The van der Waals surface area contributed by atoms with Crippen LogP contribution in [0.1, 0.15) is 17.5 Å². The smallest absolute Gasteiger partial charge is 0.229 e. The van der Waals surface area contributed by atoms with Gasteiger partial charge in [-0.3, -0.25) is 9.59 Å². The second-order valence-corrected chi connectivity index (χ2v) is 6.13. The third-order valence-electron chi connectivity index (χ3n) is 4.21. The molecule has 0 aliphatic carbocycles. The summed E-state index contributed by atoms with van der Waals surface area (Å²) in [6.45, 7) is 2.85. The lowest BCUT2D eigenvalue weighted by Gasteiger charge is -2.17. The normalized spacial score (nSPS) is 17.2. The fourth-order valence-corrected chi connectivity index (χ4v) is 2.81. The third-order valence-corrected chi connectivity index (χ3v) is 4.21. The molecule has 1 saturated heterocycles. The van der Waals surface area contributed by atoms with Crippen molar-refractivity contribution in [2.45, 2.75) is 19.9 Å². The molecule has 5 heteroatoms. The van der Waals surface area contributed by atoms with Crippen molar-refractivity contribution < 1.29 is 14.0 Å². The summed E-state index contributed by atoms with van der Waals surface area (Å²) in [7, 11) is 0. The molecule has 0 unspecified atom stereocenters. The van der Waals surface area contributed by atoms with E-state index in [1.807, 2.05) is 31.2 Å². The first-order valence-corrected chi connectivity index (χ1v) is 7.91. The summed E-state index contributed by atoms with van der Waals surface area (Å²) < 4.78 is 13.6. The lowest BCUT2D eigenvalue weighted by atomic mass is 10.1. The molecule has 2 aromatic carbocycles. The van der Waals surface area contributed by atoms with Gasteiger partial charge in [-0.1, -0.05) is 42.0 Å². The highest BCUT2D eigenvalue weighted by atomic mass is 19.1. The third kappa shape index (κ3) is 3.62. The number of carbonyl (C=O) groups excluding carboxylic acids is 2. The Balaban J connectivity index is 1.62. The Labute approximate surface area is 140 Å². The first kappa shape index (κ1) is 16.2. The average Bonchev–Trinajstić information content (AvgIpc) is 2.93. The first-order chi connectivity index (χ1) is 11.5. The van der Waals surface area contributed by atoms with Crippen LogP contribution in [-0.2, 0) is 16.1 Å². The molecule has 1 N–H and O–H groups in total. The van der Waals surface area contributed by atoms with E-state index in [1.54, 1.807) is 17.0 Å². The standard InChI is InChI=1S/C19H19FN2O2/c1-13-6-8-14(9-7-13)11-22-12-15(10-18(22)23)19(24)21-17-5-3-2-4-16(17)20/h2-9,15H,10-12H2,1H3,(H,21,24)/t15-/m0/s1. The van der Waals surface area contributed by atoms with Crippen molar-refractivity contribution in [1.29, 1.82) is 0 Å². The maximum Gasteiger partial charge on any atom is 0.229 e. The van der Waals surface area contributed by atoms with Crippen LogP contribution < -0.4 is 5.32 Å². The van der Waals surface area contributed by atoms with Crippen LogP contribution in [0.4, 0.5) is 10.1 Å². The van der Waals surface area contributed by atoms with E-state index in [0.717, 1.165) is 11.1 Å². The number of hydrogen-bond donors (Lipinski definition) is 1. The monoisotopic (exact) mass is 326 g/mol. The van der Waals surface area contributed by atoms with Crippen LogP contribution in [0.5, 0.6) is 0 Å². The van der Waals surface area contributed by atoms with Gasteiger partial charge in [0, 0.05) is 19.5 Å². The zero-order valence-corrected chi connectivity index (χ0v) is 13.5. The summed E-state index contributed by atoms with van der Waals surface area (Å²) in [6, 6.07) is 14.0. The molecule has 0 saturated carbocycles. The number of anilines is 1. The van der Waals surface area contributed by atoms with E-state index in [1.165, 1.54) is 12.1 Å². The predicted octanol–water partition coefficient (Wildman–Crippen LogP) is 3.12. The van der Waals surface area contributed by atoms with Crippen LogP contribution in [0.3, 0.4) is 0 Å². The average molecular weight is 326 g/mol. The van der Waals surface area contributed by atoms with Crippen molar-refractivity contribution in [3.8, 4) is 0 Å². The summed E-state index contributed by atoms with van der Waals surface area (Å²) in [5, 5.41) is 2.57. The van der Waals surface area contributed by atoms with Crippen LogP contribution in [0.25, 0.3) is 0 Å². The van der Waals surface area contributed by atoms with Crippen molar-refractivity contribution >= 4 is 17.5 Å². The second kappa shape index (κ2) is 6.83. The molecule has 1 fully saturated rings. The van der Waals surface area contributed by atoms with Crippen molar-refractivity contribution in [2.24, 2.45) is 5.92 Å². The van der Waals surface area contributed by atoms with Crippen LogP contribution in [0.2, 0.25) is 0 Å². The minimum Gasteiger partial charge on any atom is -0.338 e. The van der Waals surface area contributed by atoms with E-state index in [2.05, 4.69) is 5.32 Å². The number of benzene rings is 2. The molecule has 3 rings (SSSR count). The SMILES string of the molecule is Cc1ccc(CN2C[C@@H](C(=O)Nc3ccccc3F)CC2=O)cc1. The van der Waals surface area contributed by atoms with Gasteiger partial charge < -0.3 is 10.2 Å². The predicted molar refractivity (Wildman–Crippen MR) is 89.7 cm³/mol. The Kier molecular flexibility index (Phi) is 4.60. The van der Waals surface area contributed by atoms with E-state index >= 15 is 0 Å². The van der Waals surface area contributed by atoms with Crippen LogP contribution in [-0.4, -0.2) is 23.3 Å². The molecule has 2 amide bonds. The number of nitrogens with one attached hydrogen (secondary N) is 1. The number of hydrogen-bond acceptors (Lipinski definition) is 2. The Hall–Kier alpha value is -2.69. The van der Waals surface area contributed by atoms with Crippen LogP contribution in [0.15, 0.2) is 48.5 Å². The Morgan fingerprint density at radius 2 is 1.92 bits per heavy atom. The zero-order valence-electron chi connectivity index (χ0n) is 13.5. The van der Waals surface area contributed by atoms with Crippen molar-refractivity contribution in [3.05, 3.63) is 65.5 Å². The number of likely N-dealkylation sites (tertiary alicyclic amines) is 1. The molecular weight excluding hydrogens is 307 g/mol. The van der Waals surface area contributed by atoms with Crippen molar-refractivity contribution in [1.82, 2.24) is 4.90 Å². The lowest BCUT2D eigenvalue weighted by Crippen LogP contribution is -2.28. The van der Waals surface area contributed by atoms with Crippen molar-refractivity contribution in [2.75, 3.05) is 11.9 Å². The van der Waals surface area contributed by atoms with Crippen LogP contribution in [0, 0.1) is 18.7 Å². The Morgan fingerprint density at radius 1 is 1.21 bits per heavy atom. The molecule has 1 heterocycles. The number of nitrogens with zero attached hydrogens (tertiary/aromatic N) is 1. The maximum atomic E-state index is 13.6. The van der Waals surface area contributed by atoms with Gasteiger partial charge in [0.1, 0.15) is 5.82 Å². The fraction of sp³-hybridized carbons (Fsp3) is 0.263. The topological polar surface area (TPSA) is 49.4 Å². The number of rotatable bonds is 4. The number of para-hydroxylation sites is 1. The van der Waals surface area contributed by atoms with Gasteiger partial charge in [0.2, 0.25) is 11.8 Å². The largest absolute Gasteiger partial charge is 0.338 e. The molecule has 1 aliphatic rings. The van der Waals surface area contributed by atoms with Gasteiger partial charge >= 0.3 is 0 Å². The van der Waals surface area contributed by atoms with E-state index in [-0.39, 0.29) is 23.9 Å². The lowest BCUT2D eigenvalue weighted by molar-refractivity contribution is -0.128. The maximum absolute atomic E-state index is 13.6. The molecule has 1 atom stereocenters. The van der Waals surface area contributed by atoms with Gasteiger partial charge in [-0.05, 0) is 24.6 Å². The molecule has 0 spiro atoms. The van der Waals surface area contributed by atoms with Crippen LogP contribution >= 0.6 is 0 Å². The second-order valence-electron chi connectivity index (χ2n) is 6.13.